The molecule has 3 N–H and O–H groups in total. The monoisotopic (exact) mass is 398 g/mol. The van der Waals surface area contributed by atoms with Gasteiger partial charge in [0.05, 0.1) is 4.90 Å². The molecule has 0 aromatic heterocycles. The fourth-order valence-electron chi connectivity index (χ4n) is 1.41. The summed E-state index contributed by atoms with van der Waals surface area (Å²) in [4.78, 5) is 0.213. The van der Waals surface area contributed by atoms with Crippen molar-refractivity contribution in [2.24, 2.45) is 11.7 Å². The van der Waals surface area contributed by atoms with E-state index in [0.29, 0.717) is 4.47 Å². The highest BCUT2D eigenvalue weighted by Gasteiger charge is 2.23. The number of nitrogens with two attached hydrogens (primary N) is 1. The molecule has 0 heterocycles. The molecule has 1 atom stereocenters. The molecule has 0 radical (unpaired) electrons. The minimum Gasteiger partial charge on any atom is -0.329 e. The van der Waals surface area contributed by atoms with E-state index in [9.17, 15) is 8.42 Å². The molecule has 0 saturated carbocycles. The topological polar surface area (TPSA) is 72.2 Å². The molecule has 4 nitrogen and oxygen atoms in total. The number of halogens is 2. The zero-order chi connectivity index (χ0) is 13.9. The number of nitrogens with one attached hydrogen (secondary N) is 1. The summed E-state index contributed by atoms with van der Waals surface area (Å²) < 4.78 is 28.4. The zero-order valence-corrected chi connectivity index (χ0v) is 14.1. The van der Waals surface area contributed by atoms with E-state index in [4.69, 9.17) is 5.73 Å². The Bertz CT molecular complexity index is 518. The van der Waals surface area contributed by atoms with E-state index in [1.807, 2.05) is 13.8 Å². The molecule has 102 valence electrons. The Labute approximate surface area is 125 Å². The number of sulfonamides is 1. The SMILES string of the molecule is CC(C)C(CN)NS(=O)(=O)c1ccc(Br)cc1Br. The average molecular weight is 400 g/mol. The first-order chi connectivity index (χ1) is 8.27. The summed E-state index contributed by atoms with van der Waals surface area (Å²) in [5.41, 5.74) is 5.57. The van der Waals surface area contributed by atoms with Gasteiger partial charge in [-0.1, -0.05) is 29.8 Å². The summed E-state index contributed by atoms with van der Waals surface area (Å²) in [5.74, 6) is 0.138. The van der Waals surface area contributed by atoms with Gasteiger partial charge in [0.2, 0.25) is 10.0 Å². The molecular weight excluding hydrogens is 384 g/mol. The van der Waals surface area contributed by atoms with Crippen LogP contribution in [0.2, 0.25) is 0 Å². The predicted molar refractivity (Wildman–Crippen MR) is 79.8 cm³/mol. The second kappa shape index (κ2) is 6.47. The van der Waals surface area contributed by atoms with E-state index in [0.717, 1.165) is 4.47 Å². The molecule has 0 spiro atoms. The maximum Gasteiger partial charge on any atom is 0.241 e. The molecule has 1 aromatic rings. The van der Waals surface area contributed by atoms with Crippen LogP contribution in [0, 0.1) is 5.92 Å². The van der Waals surface area contributed by atoms with E-state index >= 15 is 0 Å². The summed E-state index contributed by atoms with van der Waals surface area (Å²) in [5, 5.41) is 0. The number of benzene rings is 1. The minimum atomic E-state index is -3.56. The number of hydrogen-bond acceptors (Lipinski definition) is 3. The van der Waals surface area contributed by atoms with Crippen molar-refractivity contribution in [3.8, 4) is 0 Å². The summed E-state index contributed by atoms with van der Waals surface area (Å²) in [6, 6.07) is 4.66. The molecule has 1 rings (SSSR count). The highest BCUT2D eigenvalue weighted by molar-refractivity contribution is 9.11. The molecule has 0 aliphatic heterocycles. The largest absolute Gasteiger partial charge is 0.329 e. The Morgan fingerprint density at radius 2 is 1.94 bits per heavy atom. The smallest absolute Gasteiger partial charge is 0.241 e. The molecule has 1 aromatic carbocycles. The number of hydrogen-bond donors (Lipinski definition) is 2. The van der Waals surface area contributed by atoms with Crippen LogP contribution in [0.25, 0.3) is 0 Å². The van der Waals surface area contributed by atoms with Gasteiger partial charge in [0.25, 0.3) is 0 Å². The Kier molecular flexibility index (Phi) is 5.79. The van der Waals surface area contributed by atoms with Crippen molar-refractivity contribution in [3.63, 3.8) is 0 Å². The lowest BCUT2D eigenvalue weighted by Crippen LogP contribution is -2.43. The van der Waals surface area contributed by atoms with Gasteiger partial charge in [-0.25, -0.2) is 13.1 Å². The van der Waals surface area contributed by atoms with Crippen molar-refractivity contribution in [2.75, 3.05) is 6.54 Å². The third kappa shape index (κ3) is 4.03. The van der Waals surface area contributed by atoms with Gasteiger partial charge in [-0.3, -0.25) is 0 Å². The summed E-state index contributed by atoms with van der Waals surface area (Å²) in [7, 11) is -3.56. The van der Waals surface area contributed by atoms with Gasteiger partial charge in [0, 0.05) is 21.5 Å². The Hall–Kier alpha value is 0.0500. The van der Waals surface area contributed by atoms with Crippen molar-refractivity contribution < 1.29 is 8.42 Å². The van der Waals surface area contributed by atoms with Gasteiger partial charge in [-0.15, -0.1) is 0 Å². The van der Waals surface area contributed by atoms with E-state index in [2.05, 4.69) is 36.6 Å². The Morgan fingerprint density at radius 3 is 2.39 bits per heavy atom. The zero-order valence-electron chi connectivity index (χ0n) is 10.2. The molecule has 0 amide bonds. The van der Waals surface area contributed by atoms with Crippen molar-refractivity contribution in [3.05, 3.63) is 27.1 Å². The van der Waals surface area contributed by atoms with Gasteiger partial charge in [-0.2, -0.15) is 0 Å². The van der Waals surface area contributed by atoms with Crippen LogP contribution in [0.4, 0.5) is 0 Å². The predicted octanol–water partition coefficient (Wildman–Crippen LogP) is 2.47. The molecule has 0 aliphatic carbocycles. The molecule has 7 heteroatoms. The van der Waals surface area contributed by atoms with Gasteiger partial charge in [0.15, 0.2) is 0 Å². The quantitative estimate of drug-likeness (QED) is 0.798. The van der Waals surface area contributed by atoms with Crippen LogP contribution < -0.4 is 10.5 Å². The molecule has 0 bridgehead atoms. The van der Waals surface area contributed by atoms with Gasteiger partial charge in [-0.05, 0) is 40.0 Å². The molecule has 0 aliphatic rings. The Balaban J connectivity index is 3.06. The second-order valence-corrected chi connectivity index (χ2v) is 7.73. The van der Waals surface area contributed by atoms with Crippen LogP contribution in [0.5, 0.6) is 0 Å². The summed E-state index contributed by atoms with van der Waals surface area (Å²) in [6.45, 7) is 4.12. The summed E-state index contributed by atoms with van der Waals surface area (Å²) >= 11 is 6.54. The molecule has 1 unspecified atom stereocenters. The van der Waals surface area contributed by atoms with Gasteiger partial charge < -0.3 is 5.73 Å². The van der Waals surface area contributed by atoms with Crippen LogP contribution in [0.3, 0.4) is 0 Å². The van der Waals surface area contributed by atoms with Crippen LogP contribution in [0.1, 0.15) is 13.8 Å². The first kappa shape index (κ1) is 16.1. The van der Waals surface area contributed by atoms with Crippen LogP contribution in [-0.2, 0) is 10.0 Å². The fourth-order valence-corrected chi connectivity index (χ4v) is 4.56. The van der Waals surface area contributed by atoms with E-state index in [1.165, 1.54) is 0 Å². The molecule has 0 fully saturated rings. The van der Waals surface area contributed by atoms with Crippen LogP contribution in [-0.4, -0.2) is 21.0 Å². The number of rotatable bonds is 5. The van der Waals surface area contributed by atoms with Gasteiger partial charge >= 0.3 is 0 Å². The van der Waals surface area contributed by atoms with Crippen molar-refractivity contribution in [1.29, 1.82) is 0 Å². The Morgan fingerprint density at radius 1 is 1.33 bits per heavy atom. The van der Waals surface area contributed by atoms with E-state index in [1.54, 1.807) is 18.2 Å². The molecule has 18 heavy (non-hydrogen) atoms. The summed E-state index contributed by atoms with van der Waals surface area (Å²) in [6.07, 6.45) is 0. The van der Waals surface area contributed by atoms with Crippen molar-refractivity contribution >= 4 is 41.9 Å². The lowest BCUT2D eigenvalue weighted by Gasteiger charge is -2.20. The fraction of sp³-hybridized carbons (Fsp3) is 0.455. The van der Waals surface area contributed by atoms with Gasteiger partial charge in [0.1, 0.15) is 0 Å². The standard InChI is InChI=1S/C11H16Br2N2O2S/c1-7(2)10(6-14)15-18(16,17)11-4-3-8(12)5-9(11)13/h3-5,7,10,15H,6,14H2,1-2H3. The minimum absolute atomic E-state index is 0.138. The lowest BCUT2D eigenvalue weighted by atomic mass is 10.1. The van der Waals surface area contributed by atoms with Crippen molar-refractivity contribution in [2.45, 2.75) is 24.8 Å². The third-order valence-electron chi connectivity index (χ3n) is 2.55. The first-order valence-electron chi connectivity index (χ1n) is 5.45. The maximum atomic E-state index is 12.2. The highest BCUT2D eigenvalue weighted by Crippen LogP contribution is 2.26. The second-order valence-electron chi connectivity index (χ2n) is 4.28. The molecule has 0 saturated heterocycles. The van der Waals surface area contributed by atoms with Crippen LogP contribution >= 0.6 is 31.9 Å². The van der Waals surface area contributed by atoms with E-state index < -0.39 is 10.0 Å². The highest BCUT2D eigenvalue weighted by atomic mass is 79.9. The first-order valence-corrected chi connectivity index (χ1v) is 8.52. The van der Waals surface area contributed by atoms with E-state index in [-0.39, 0.29) is 23.4 Å². The van der Waals surface area contributed by atoms with Crippen LogP contribution in [0.15, 0.2) is 32.0 Å². The maximum absolute atomic E-state index is 12.2. The molecular formula is C11H16Br2N2O2S. The lowest BCUT2D eigenvalue weighted by molar-refractivity contribution is 0.454. The van der Waals surface area contributed by atoms with Crippen molar-refractivity contribution in [1.82, 2.24) is 4.72 Å². The average Bonchev–Trinajstić information content (AvgIpc) is 2.24. The third-order valence-corrected chi connectivity index (χ3v) is 5.51. The normalized spacial score (nSPS) is 13.9.